The number of nitrogens with one attached hydrogen (secondary N) is 1. The molecule has 0 bridgehead atoms. The monoisotopic (exact) mass is 410 g/mol. The number of hydrogen-bond acceptors (Lipinski definition) is 7. The molecule has 1 N–H and O–H groups in total. The summed E-state index contributed by atoms with van der Waals surface area (Å²) in [5.41, 5.74) is 4.29. The standard InChI is InChI=1S/C23H22N8/c1-16-12-21(26-15-25-16)30-10-7-19(8-11-30)27-23-28-22-20(6-3-9-31(22)29-23)18-5-2-4-17(13-18)14-24/h2-6,9,12-13,15,19H,7-8,10-11H2,1H3,(H,27,29). The number of aromatic nitrogens is 5. The maximum absolute atomic E-state index is 9.21. The van der Waals surface area contributed by atoms with Crippen molar-refractivity contribution in [2.75, 3.05) is 23.3 Å². The number of hydrogen-bond donors (Lipinski definition) is 1. The topological polar surface area (TPSA) is 95.0 Å². The third-order valence-corrected chi connectivity index (χ3v) is 5.61. The second kappa shape index (κ2) is 8.03. The van der Waals surface area contributed by atoms with Gasteiger partial charge in [-0.25, -0.2) is 14.5 Å². The van der Waals surface area contributed by atoms with E-state index in [0.717, 1.165) is 54.2 Å². The first-order valence-electron chi connectivity index (χ1n) is 10.4. The number of nitrogens with zero attached hydrogens (tertiary/aromatic N) is 7. The van der Waals surface area contributed by atoms with Gasteiger partial charge in [0.2, 0.25) is 5.95 Å². The highest BCUT2D eigenvalue weighted by atomic mass is 15.4. The van der Waals surface area contributed by atoms with Crippen molar-refractivity contribution in [2.24, 2.45) is 0 Å². The van der Waals surface area contributed by atoms with E-state index in [1.54, 1.807) is 16.9 Å². The summed E-state index contributed by atoms with van der Waals surface area (Å²) in [6.45, 7) is 3.83. The Bertz CT molecular complexity index is 1260. The Balaban J connectivity index is 1.32. The van der Waals surface area contributed by atoms with E-state index in [4.69, 9.17) is 4.98 Å². The molecule has 0 saturated carbocycles. The van der Waals surface area contributed by atoms with Gasteiger partial charge in [0.05, 0.1) is 11.6 Å². The minimum atomic E-state index is 0.307. The van der Waals surface area contributed by atoms with Crippen LogP contribution in [0.4, 0.5) is 11.8 Å². The molecule has 0 atom stereocenters. The lowest BCUT2D eigenvalue weighted by Gasteiger charge is -2.32. The molecule has 4 heterocycles. The maximum atomic E-state index is 9.21. The SMILES string of the molecule is Cc1cc(N2CCC(Nc3nc4c(-c5cccc(C#N)c5)cccn4n3)CC2)ncn1. The van der Waals surface area contributed by atoms with Gasteiger partial charge in [0, 0.05) is 42.7 Å². The Kier molecular flexibility index (Phi) is 4.92. The first-order chi connectivity index (χ1) is 15.2. The Morgan fingerprint density at radius 1 is 1.10 bits per heavy atom. The molecule has 1 fully saturated rings. The number of benzene rings is 1. The van der Waals surface area contributed by atoms with E-state index in [2.05, 4.69) is 31.4 Å². The molecule has 1 aromatic carbocycles. The fourth-order valence-electron chi connectivity index (χ4n) is 4.00. The van der Waals surface area contributed by atoms with Crippen molar-refractivity contribution in [3.63, 3.8) is 0 Å². The molecule has 3 aromatic heterocycles. The summed E-state index contributed by atoms with van der Waals surface area (Å²) in [5.74, 6) is 1.61. The summed E-state index contributed by atoms with van der Waals surface area (Å²) in [4.78, 5) is 15.6. The molecule has 0 unspecified atom stereocenters. The van der Waals surface area contributed by atoms with Crippen molar-refractivity contribution in [1.29, 1.82) is 5.26 Å². The predicted molar refractivity (Wildman–Crippen MR) is 119 cm³/mol. The lowest BCUT2D eigenvalue weighted by atomic mass is 10.0. The van der Waals surface area contributed by atoms with E-state index in [-0.39, 0.29) is 0 Å². The maximum Gasteiger partial charge on any atom is 0.243 e. The molecule has 31 heavy (non-hydrogen) atoms. The van der Waals surface area contributed by atoms with Gasteiger partial charge < -0.3 is 10.2 Å². The zero-order valence-electron chi connectivity index (χ0n) is 17.2. The fourth-order valence-corrected chi connectivity index (χ4v) is 4.00. The second-order valence-corrected chi connectivity index (χ2v) is 7.74. The number of aryl methyl sites for hydroxylation is 1. The van der Waals surface area contributed by atoms with Crippen LogP contribution in [-0.4, -0.2) is 43.7 Å². The molecule has 154 valence electrons. The quantitative estimate of drug-likeness (QED) is 0.550. The molecule has 0 aliphatic carbocycles. The van der Waals surface area contributed by atoms with Gasteiger partial charge in [-0.3, -0.25) is 0 Å². The molecule has 1 saturated heterocycles. The summed E-state index contributed by atoms with van der Waals surface area (Å²) >= 11 is 0. The first-order valence-corrected chi connectivity index (χ1v) is 10.4. The lowest BCUT2D eigenvalue weighted by Crippen LogP contribution is -2.39. The molecule has 1 aliphatic rings. The van der Waals surface area contributed by atoms with E-state index in [0.29, 0.717) is 17.6 Å². The Morgan fingerprint density at radius 3 is 2.77 bits per heavy atom. The minimum Gasteiger partial charge on any atom is -0.356 e. The normalized spacial score (nSPS) is 14.5. The Hall–Kier alpha value is -3.99. The van der Waals surface area contributed by atoms with Crippen molar-refractivity contribution in [3.05, 3.63) is 66.2 Å². The lowest BCUT2D eigenvalue weighted by molar-refractivity contribution is 0.520. The van der Waals surface area contributed by atoms with Gasteiger partial charge in [-0.1, -0.05) is 12.1 Å². The van der Waals surface area contributed by atoms with Gasteiger partial charge in [-0.05, 0) is 49.6 Å². The Morgan fingerprint density at radius 2 is 1.97 bits per heavy atom. The second-order valence-electron chi connectivity index (χ2n) is 7.74. The van der Waals surface area contributed by atoms with Crippen molar-refractivity contribution < 1.29 is 0 Å². The van der Waals surface area contributed by atoms with Crippen LogP contribution in [0.15, 0.2) is 55.0 Å². The highest BCUT2D eigenvalue weighted by Gasteiger charge is 2.21. The van der Waals surface area contributed by atoms with Crippen LogP contribution in [0.5, 0.6) is 0 Å². The predicted octanol–water partition coefficient (Wildman–Crippen LogP) is 3.45. The molecule has 0 amide bonds. The van der Waals surface area contributed by atoms with Crippen molar-refractivity contribution in [3.8, 4) is 17.2 Å². The molecule has 1 aliphatic heterocycles. The van der Waals surface area contributed by atoms with Crippen LogP contribution in [0.2, 0.25) is 0 Å². The molecule has 8 nitrogen and oxygen atoms in total. The number of anilines is 2. The molecule has 0 radical (unpaired) electrons. The first kappa shape index (κ1) is 19.0. The molecular weight excluding hydrogens is 388 g/mol. The summed E-state index contributed by atoms with van der Waals surface area (Å²) in [6.07, 6.45) is 5.48. The number of fused-ring (bicyclic) bond motifs is 1. The van der Waals surface area contributed by atoms with Gasteiger partial charge in [-0.2, -0.15) is 10.2 Å². The largest absolute Gasteiger partial charge is 0.356 e. The van der Waals surface area contributed by atoms with Crippen LogP contribution in [0, 0.1) is 18.3 Å². The van der Waals surface area contributed by atoms with Crippen LogP contribution in [0.1, 0.15) is 24.1 Å². The number of rotatable bonds is 4. The summed E-state index contributed by atoms with van der Waals surface area (Å²) in [5, 5.41) is 17.3. The van der Waals surface area contributed by atoms with Gasteiger partial charge >= 0.3 is 0 Å². The number of piperidine rings is 1. The van der Waals surface area contributed by atoms with Crippen LogP contribution >= 0.6 is 0 Å². The summed E-state index contributed by atoms with van der Waals surface area (Å²) in [7, 11) is 0. The van der Waals surface area contributed by atoms with Crippen LogP contribution in [0.3, 0.4) is 0 Å². The summed E-state index contributed by atoms with van der Waals surface area (Å²) < 4.78 is 1.79. The third kappa shape index (κ3) is 3.90. The van der Waals surface area contributed by atoms with E-state index in [1.165, 1.54) is 0 Å². The van der Waals surface area contributed by atoms with E-state index in [1.807, 2.05) is 49.5 Å². The molecule has 0 spiro atoms. The third-order valence-electron chi connectivity index (χ3n) is 5.61. The van der Waals surface area contributed by atoms with E-state index in [9.17, 15) is 5.26 Å². The van der Waals surface area contributed by atoms with Crippen LogP contribution in [0.25, 0.3) is 16.8 Å². The molecule has 8 heteroatoms. The Labute approximate surface area is 180 Å². The molecule has 5 rings (SSSR count). The van der Waals surface area contributed by atoms with Gasteiger partial charge in [0.15, 0.2) is 5.65 Å². The number of pyridine rings is 1. The van der Waals surface area contributed by atoms with Crippen molar-refractivity contribution in [2.45, 2.75) is 25.8 Å². The smallest absolute Gasteiger partial charge is 0.243 e. The van der Waals surface area contributed by atoms with Gasteiger partial charge in [0.1, 0.15) is 12.1 Å². The summed E-state index contributed by atoms with van der Waals surface area (Å²) in [6, 6.07) is 16.0. The zero-order chi connectivity index (χ0) is 21.2. The molecule has 4 aromatic rings. The zero-order valence-corrected chi connectivity index (χ0v) is 17.2. The van der Waals surface area contributed by atoms with Gasteiger partial charge in [-0.15, -0.1) is 5.10 Å². The molecular formula is C23H22N8. The van der Waals surface area contributed by atoms with Crippen molar-refractivity contribution in [1.82, 2.24) is 24.6 Å². The van der Waals surface area contributed by atoms with E-state index < -0.39 is 0 Å². The fraction of sp³-hybridized carbons (Fsp3) is 0.261. The van der Waals surface area contributed by atoms with E-state index >= 15 is 0 Å². The minimum absolute atomic E-state index is 0.307. The highest BCUT2D eigenvalue weighted by Crippen LogP contribution is 2.26. The average Bonchev–Trinajstić information content (AvgIpc) is 3.22. The van der Waals surface area contributed by atoms with Gasteiger partial charge in [0.25, 0.3) is 0 Å². The van der Waals surface area contributed by atoms with Crippen LogP contribution in [-0.2, 0) is 0 Å². The van der Waals surface area contributed by atoms with Crippen LogP contribution < -0.4 is 10.2 Å². The number of nitriles is 1. The average molecular weight is 410 g/mol. The van der Waals surface area contributed by atoms with Crippen molar-refractivity contribution >= 4 is 17.4 Å². The highest BCUT2D eigenvalue weighted by molar-refractivity contribution is 5.78.